The number of hydrogen-bond donors (Lipinski definition) is 0. The van der Waals surface area contributed by atoms with E-state index < -0.39 is 0 Å². The molecule has 12 aromatic rings. The Labute approximate surface area is 337 Å². The second-order valence-electron chi connectivity index (χ2n) is 14.7. The van der Waals surface area contributed by atoms with Crippen LogP contribution in [-0.2, 0) is 0 Å². The molecule has 5 heteroatoms. The number of para-hydroxylation sites is 1. The summed E-state index contributed by atoms with van der Waals surface area (Å²) in [6.07, 6.45) is 0. The SMILES string of the molecule is c1cc(-c2nc(-c3ccc(-c4cccc5sc6ccccc6c45)cc3)nc(-c3cccc4oc5ccccc5c34)n2)cc(-c2cccc3ccc4ccccc4c23)c1. The van der Waals surface area contributed by atoms with Crippen molar-refractivity contribution in [2.75, 3.05) is 0 Å². The van der Waals surface area contributed by atoms with Crippen molar-refractivity contribution in [2.24, 2.45) is 0 Å². The maximum absolute atomic E-state index is 6.31. The van der Waals surface area contributed by atoms with E-state index in [9.17, 15) is 0 Å². The number of aromatic nitrogens is 3. The number of fused-ring (bicyclic) bond motifs is 9. The van der Waals surface area contributed by atoms with Crippen molar-refractivity contribution in [3.8, 4) is 56.4 Å². The van der Waals surface area contributed by atoms with Crippen molar-refractivity contribution in [1.29, 1.82) is 0 Å². The minimum Gasteiger partial charge on any atom is -0.456 e. The van der Waals surface area contributed by atoms with Gasteiger partial charge in [0.15, 0.2) is 17.5 Å². The van der Waals surface area contributed by atoms with Gasteiger partial charge in [0.25, 0.3) is 0 Å². The first-order valence-electron chi connectivity index (χ1n) is 19.4. The maximum atomic E-state index is 6.31. The zero-order valence-electron chi connectivity index (χ0n) is 31.1. The van der Waals surface area contributed by atoms with Crippen LogP contribution >= 0.6 is 11.3 Å². The molecule has 0 saturated heterocycles. The van der Waals surface area contributed by atoms with Crippen LogP contribution in [0.25, 0.3) is 120 Å². The molecule has 0 amide bonds. The summed E-state index contributed by atoms with van der Waals surface area (Å²) in [5.41, 5.74) is 9.00. The Morgan fingerprint density at radius 1 is 0.328 bits per heavy atom. The fourth-order valence-corrected chi connectivity index (χ4v) is 9.79. The lowest BCUT2D eigenvalue weighted by Crippen LogP contribution is -2.00. The van der Waals surface area contributed by atoms with Gasteiger partial charge in [-0.25, -0.2) is 15.0 Å². The highest BCUT2D eigenvalue weighted by molar-refractivity contribution is 7.25. The van der Waals surface area contributed by atoms with E-state index in [0.717, 1.165) is 49.8 Å². The van der Waals surface area contributed by atoms with Crippen LogP contribution in [-0.4, -0.2) is 15.0 Å². The van der Waals surface area contributed by atoms with Crippen molar-refractivity contribution in [1.82, 2.24) is 15.0 Å². The Balaban J connectivity index is 1.04. The summed E-state index contributed by atoms with van der Waals surface area (Å²) in [6, 6.07) is 66.3. The van der Waals surface area contributed by atoms with Crippen molar-refractivity contribution >= 4 is 75.0 Å². The van der Waals surface area contributed by atoms with Crippen LogP contribution < -0.4 is 0 Å². The molecule has 0 aliphatic heterocycles. The number of nitrogens with zero attached hydrogens (tertiary/aromatic N) is 3. The lowest BCUT2D eigenvalue weighted by atomic mass is 9.93. The molecule has 9 aromatic carbocycles. The predicted octanol–water partition coefficient (Wildman–Crippen LogP) is 14.8. The van der Waals surface area contributed by atoms with Gasteiger partial charge in [0.2, 0.25) is 0 Å². The third-order valence-corrected chi connectivity index (χ3v) is 12.5. The summed E-state index contributed by atoms with van der Waals surface area (Å²) in [5, 5.41) is 9.49. The molecule has 0 saturated carbocycles. The van der Waals surface area contributed by atoms with E-state index >= 15 is 0 Å². The molecule has 0 aliphatic rings. The predicted molar refractivity (Wildman–Crippen MR) is 242 cm³/mol. The molecule has 0 N–H and O–H groups in total. The molecule has 4 nitrogen and oxygen atoms in total. The van der Waals surface area contributed by atoms with Crippen LogP contribution in [0, 0.1) is 0 Å². The molecule has 0 radical (unpaired) electrons. The molecule has 0 fully saturated rings. The van der Waals surface area contributed by atoms with E-state index in [4.69, 9.17) is 19.4 Å². The van der Waals surface area contributed by atoms with Crippen LogP contribution in [0.4, 0.5) is 0 Å². The number of hydrogen-bond acceptors (Lipinski definition) is 5. The summed E-state index contributed by atoms with van der Waals surface area (Å²) in [7, 11) is 0. The van der Waals surface area contributed by atoms with E-state index in [1.807, 2.05) is 41.7 Å². The first-order valence-corrected chi connectivity index (χ1v) is 20.2. The Morgan fingerprint density at radius 2 is 0.914 bits per heavy atom. The fourth-order valence-electron chi connectivity index (χ4n) is 8.66. The Kier molecular flexibility index (Phi) is 7.37. The third-order valence-electron chi connectivity index (χ3n) is 11.3. The van der Waals surface area contributed by atoms with Gasteiger partial charge >= 0.3 is 0 Å². The summed E-state index contributed by atoms with van der Waals surface area (Å²) in [4.78, 5) is 15.7. The van der Waals surface area contributed by atoms with Gasteiger partial charge in [-0.1, -0.05) is 158 Å². The van der Waals surface area contributed by atoms with E-state index in [1.54, 1.807) is 0 Å². The van der Waals surface area contributed by atoms with Crippen molar-refractivity contribution in [3.05, 3.63) is 188 Å². The third kappa shape index (κ3) is 5.25. The van der Waals surface area contributed by atoms with Crippen LogP contribution in [0.3, 0.4) is 0 Å². The number of thiophene rings is 1. The second-order valence-corrected chi connectivity index (χ2v) is 15.8. The van der Waals surface area contributed by atoms with Gasteiger partial charge < -0.3 is 4.42 Å². The first kappa shape index (κ1) is 32.7. The molecule has 0 spiro atoms. The van der Waals surface area contributed by atoms with Gasteiger partial charge in [0, 0.05) is 47.6 Å². The largest absolute Gasteiger partial charge is 0.456 e. The van der Waals surface area contributed by atoms with Crippen LogP contribution in [0.15, 0.2) is 192 Å². The molecule has 270 valence electrons. The molecular weight excluding hydrogens is 727 g/mol. The van der Waals surface area contributed by atoms with Crippen molar-refractivity contribution in [2.45, 2.75) is 0 Å². The number of rotatable bonds is 5. The van der Waals surface area contributed by atoms with Crippen LogP contribution in [0.5, 0.6) is 0 Å². The van der Waals surface area contributed by atoms with E-state index in [2.05, 4.69) is 158 Å². The topological polar surface area (TPSA) is 51.8 Å². The molecule has 3 aromatic heterocycles. The Bertz CT molecular complexity index is 3580. The molecule has 0 bridgehead atoms. The van der Waals surface area contributed by atoms with E-state index in [1.165, 1.54) is 52.8 Å². The highest BCUT2D eigenvalue weighted by atomic mass is 32.1. The average Bonchev–Trinajstić information content (AvgIpc) is 3.88. The van der Waals surface area contributed by atoms with Gasteiger partial charge in [-0.3, -0.25) is 0 Å². The maximum Gasteiger partial charge on any atom is 0.164 e. The fraction of sp³-hybridized carbons (Fsp3) is 0. The number of benzene rings is 9. The summed E-state index contributed by atoms with van der Waals surface area (Å²) in [5.74, 6) is 1.81. The van der Waals surface area contributed by atoms with Gasteiger partial charge in [-0.05, 0) is 74.1 Å². The van der Waals surface area contributed by atoms with Crippen LogP contribution in [0.1, 0.15) is 0 Å². The summed E-state index contributed by atoms with van der Waals surface area (Å²) < 4.78 is 8.89. The highest BCUT2D eigenvalue weighted by Crippen LogP contribution is 2.41. The molecule has 0 atom stereocenters. The standard InChI is InChI=1S/C53H31N3OS/c1-2-15-38-32(11-1)25-28-34-12-8-18-40(48(34)38)36-13-7-14-37(31-36)52-54-51(55-53(56-52)43-20-9-22-45-49(43)41-16-3-5-21-44(41)57-45)35-29-26-33(27-30-35)39-19-10-24-47-50(39)42-17-4-6-23-46(42)58-47/h1-31H. The molecule has 3 heterocycles. The molecule has 0 aliphatic carbocycles. The second kappa shape index (κ2) is 13.1. The first-order chi connectivity index (χ1) is 28.7. The average molecular weight is 758 g/mol. The molecule has 58 heavy (non-hydrogen) atoms. The van der Waals surface area contributed by atoms with Crippen molar-refractivity contribution < 1.29 is 4.42 Å². The monoisotopic (exact) mass is 757 g/mol. The van der Waals surface area contributed by atoms with Gasteiger partial charge in [-0.2, -0.15) is 0 Å². The Hall–Kier alpha value is -7.47. The normalized spacial score (nSPS) is 11.8. The van der Waals surface area contributed by atoms with Gasteiger partial charge in [-0.15, -0.1) is 11.3 Å². The molecule has 12 rings (SSSR count). The Morgan fingerprint density at radius 3 is 1.81 bits per heavy atom. The number of furan rings is 1. The molecular formula is C53H31N3OS. The van der Waals surface area contributed by atoms with Gasteiger partial charge in [0.1, 0.15) is 11.2 Å². The van der Waals surface area contributed by atoms with Crippen molar-refractivity contribution in [3.63, 3.8) is 0 Å². The lowest BCUT2D eigenvalue weighted by molar-refractivity contribution is 0.669. The van der Waals surface area contributed by atoms with Crippen LogP contribution in [0.2, 0.25) is 0 Å². The minimum absolute atomic E-state index is 0.595. The quantitative estimate of drug-likeness (QED) is 0.164. The lowest BCUT2D eigenvalue weighted by Gasteiger charge is -2.13. The van der Waals surface area contributed by atoms with Gasteiger partial charge in [0.05, 0.1) is 0 Å². The zero-order valence-corrected chi connectivity index (χ0v) is 31.9. The summed E-state index contributed by atoms with van der Waals surface area (Å²) in [6.45, 7) is 0. The summed E-state index contributed by atoms with van der Waals surface area (Å²) >= 11 is 1.84. The highest BCUT2D eigenvalue weighted by Gasteiger charge is 2.19. The minimum atomic E-state index is 0.595. The molecule has 0 unspecified atom stereocenters. The van der Waals surface area contributed by atoms with E-state index in [-0.39, 0.29) is 0 Å². The van der Waals surface area contributed by atoms with E-state index in [0.29, 0.717) is 17.5 Å². The smallest absolute Gasteiger partial charge is 0.164 e. The zero-order chi connectivity index (χ0) is 38.2.